The topological polar surface area (TPSA) is 6.48 Å². The van der Waals surface area contributed by atoms with E-state index in [4.69, 9.17) is 11.6 Å². The SMILES string of the molecule is CCCCCN1[SiH2]N(CC)C1Cl. The standard InChI is InChI=1S/C8H19ClN2Si/c1-3-5-6-7-11-8(9)10(4-2)12-11/h8H,3-7,12H2,1-2H3. The summed E-state index contributed by atoms with van der Waals surface area (Å²) < 4.78 is 4.86. The molecule has 1 unspecified atom stereocenters. The molecule has 1 heterocycles. The molecule has 1 aliphatic heterocycles. The van der Waals surface area contributed by atoms with Gasteiger partial charge in [-0.05, 0) is 19.5 Å². The lowest BCUT2D eigenvalue weighted by atomic mass is 10.2. The van der Waals surface area contributed by atoms with E-state index in [0.29, 0.717) is 0 Å². The van der Waals surface area contributed by atoms with Crippen LogP contribution in [-0.2, 0) is 0 Å². The molecule has 0 spiro atoms. The summed E-state index contributed by atoms with van der Waals surface area (Å²) in [6, 6.07) is 0. The Bertz CT molecular complexity index is 134. The Hall–Kier alpha value is 0.427. The summed E-state index contributed by atoms with van der Waals surface area (Å²) in [5.74, 6) is 0. The molecule has 0 saturated carbocycles. The molecule has 1 atom stereocenters. The van der Waals surface area contributed by atoms with E-state index in [2.05, 4.69) is 23.0 Å². The summed E-state index contributed by atoms with van der Waals surface area (Å²) in [7, 11) is -0.108. The average molecular weight is 207 g/mol. The zero-order valence-electron chi connectivity index (χ0n) is 8.09. The predicted octanol–water partition coefficient (Wildman–Crippen LogP) is 1.34. The van der Waals surface area contributed by atoms with E-state index in [1.165, 1.54) is 25.8 Å². The molecule has 72 valence electrons. The van der Waals surface area contributed by atoms with Gasteiger partial charge in [0.2, 0.25) is 0 Å². The monoisotopic (exact) mass is 206 g/mol. The number of hydrogen-bond acceptors (Lipinski definition) is 2. The number of hydrogen-bond donors (Lipinski definition) is 0. The van der Waals surface area contributed by atoms with Gasteiger partial charge in [0.25, 0.3) is 0 Å². The molecule has 0 N–H and O–H groups in total. The zero-order valence-corrected chi connectivity index (χ0v) is 10.3. The second-order valence-corrected chi connectivity index (χ2v) is 5.67. The van der Waals surface area contributed by atoms with Gasteiger partial charge in [-0.15, -0.1) is 0 Å². The molecule has 0 aromatic rings. The van der Waals surface area contributed by atoms with Crippen LogP contribution in [0, 0.1) is 0 Å². The molecule has 0 radical (unpaired) electrons. The van der Waals surface area contributed by atoms with Crippen molar-refractivity contribution < 1.29 is 0 Å². The van der Waals surface area contributed by atoms with Gasteiger partial charge >= 0.3 is 0 Å². The smallest absolute Gasteiger partial charge is 0.177 e. The minimum absolute atomic E-state index is 0.108. The Balaban J connectivity index is 2.05. The highest BCUT2D eigenvalue weighted by Gasteiger charge is 2.32. The van der Waals surface area contributed by atoms with E-state index in [1.807, 2.05) is 0 Å². The normalized spacial score (nSPS) is 27.8. The summed E-state index contributed by atoms with van der Waals surface area (Å²) in [6.45, 7) is 6.78. The Morgan fingerprint density at radius 1 is 1.25 bits per heavy atom. The molecule has 0 aromatic heterocycles. The van der Waals surface area contributed by atoms with Gasteiger partial charge in [-0.3, -0.25) is 9.13 Å². The van der Waals surface area contributed by atoms with Crippen molar-refractivity contribution in [3.63, 3.8) is 0 Å². The van der Waals surface area contributed by atoms with E-state index in [9.17, 15) is 0 Å². The number of nitrogens with zero attached hydrogens (tertiary/aromatic N) is 2. The fraction of sp³-hybridized carbons (Fsp3) is 1.00. The molecule has 0 bridgehead atoms. The van der Waals surface area contributed by atoms with Crippen molar-refractivity contribution >= 4 is 21.4 Å². The Kier molecular flexibility index (Phi) is 4.57. The van der Waals surface area contributed by atoms with Crippen molar-refractivity contribution in [2.75, 3.05) is 13.1 Å². The van der Waals surface area contributed by atoms with Crippen LogP contribution in [-0.4, -0.2) is 37.7 Å². The highest BCUT2D eigenvalue weighted by Crippen LogP contribution is 2.19. The molecule has 2 nitrogen and oxygen atoms in total. The van der Waals surface area contributed by atoms with Crippen LogP contribution in [0.1, 0.15) is 33.1 Å². The Labute approximate surface area is 82.8 Å². The van der Waals surface area contributed by atoms with Crippen molar-refractivity contribution in [3.05, 3.63) is 0 Å². The van der Waals surface area contributed by atoms with Gasteiger partial charge in [0.05, 0.1) is 0 Å². The number of unbranched alkanes of at least 4 members (excludes halogenated alkanes) is 2. The van der Waals surface area contributed by atoms with Crippen LogP contribution in [0.4, 0.5) is 0 Å². The van der Waals surface area contributed by atoms with Gasteiger partial charge in [0.15, 0.2) is 9.84 Å². The third kappa shape index (κ3) is 2.46. The van der Waals surface area contributed by atoms with Crippen LogP contribution >= 0.6 is 11.6 Å². The third-order valence-corrected chi connectivity index (χ3v) is 5.62. The first-order valence-electron chi connectivity index (χ1n) is 4.91. The Morgan fingerprint density at radius 2 is 2.00 bits per heavy atom. The minimum Gasteiger partial charge on any atom is -0.289 e. The lowest BCUT2D eigenvalue weighted by Crippen LogP contribution is -2.63. The van der Waals surface area contributed by atoms with Crippen LogP contribution in [0.3, 0.4) is 0 Å². The number of alkyl halides is 1. The van der Waals surface area contributed by atoms with Crippen molar-refractivity contribution in [2.24, 2.45) is 0 Å². The highest BCUT2D eigenvalue weighted by molar-refractivity contribution is 6.39. The maximum atomic E-state index is 6.15. The van der Waals surface area contributed by atoms with E-state index in [1.54, 1.807) is 0 Å². The van der Waals surface area contributed by atoms with E-state index in [-0.39, 0.29) is 15.5 Å². The van der Waals surface area contributed by atoms with Crippen LogP contribution in [0.2, 0.25) is 0 Å². The third-order valence-electron chi connectivity index (χ3n) is 2.42. The molecular weight excluding hydrogens is 188 g/mol. The molecule has 0 amide bonds. The summed E-state index contributed by atoms with van der Waals surface area (Å²) >= 11 is 6.15. The predicted molar refractivity (Wildman–Crippen MR) is 56.8 cm³/mol. The first-order chi connectivity index (χ1) is 5.79. The van der Waals surface area contributed by atoms with Crippen molar-refractivity contribution in [1.82, 2.24) is 9.13 Å². The lowest BCUT2D eigenvalue weighted by molar-refractivity contribution is 0.167. The average Bonchev–Trinajstić information content (AvgIpc) is 2.09. The molecule has 1 rings (SSSR count). The van der Waals surface area contributed by atoms with Gasteiger partial charge in [-0.1, -0.05) is 38.3 Å². The number of rotatable bonds is 5. The second kappa shape index (κ2) is 5.22. The fourth-order valence-electron chi connectivity index (χ4n) is 1.50. The molecule has 1 aliphatic rings. The van der Waals surface area contributed by atoms with Crippen LogP contribution in [0.5, 0.6) is 0 Å². The van der Waals surface area contributed by atoms with Gasteiger partial charge in [-0.2, -0.15) is 0 Å². The van der Waals surface area contributed by atoms with Crippen LogP contribution in [0.15, 0.2) is 0 Å². The summed E-state index contributed by atoms with van der Waals surface area (Å²) in [5.41, 5.74) is 0.235. The largest absolute Gasteiger partial charge is 0.289 e. The van der Waals surface area contributed by atoms with Gasteiger partial charge < -0.3 is 0 Å². The maximum absolute atomic E-state index is 6.15. The maximum Gasteiger partial charge on any atom is 0.177 e. The fourth-order valence-corrected chi connectivity index (χ4v) is 3.56. The molecule has 12 heavy (non-hydrogen) atoms. The first-order valence-corrected chi connectivity index (χ1v) is 6.62. The minimum atomic E-state index is -0.108. The summed E-state index contributed by atoms with van der Waals surface area (Å²) in [4.78, 5) is 0. The zero-order chi connectivity index (χ0) is 8.97. The van der Waals surface area contributed by atoms with Crippen LogP contribution in [0.25, 0.3) is 0 Å². The quantitative estimate of drug-likeness (QED) is 0.290. The highest BCUT2D eigenvalue weighted by atomic mass is 35.5. The molecule has 4 heteroatoms. The van der Waals surface area contributed by atoms with E-state index >= 15 is 0 Å². The van der Waals surface area contributed by atoms with E-state index in [0.717, 1.165) is 6.54 Å². The molecule has 1 fully saturated rings. The lowest BCUT2D eigenvalue weighted by Gasteiger charge is -2.47. The molecular formula is C8H19ClN2Si. The van der Waals surface area contributed by atoms with Crippen molar-refractivity contribution in [3.8, 4) is 0 Å². The molecule has 1 saturated heterocycles. The van der Waals surface area contributed by atoms with Crippen molar-refractivity contribution in [1.29, 1.82) is 0 Å². The molecule has 0 aromatic carbocycles. The van der Waals surface area contributed by atoms with Gasteiger partial charge in [0.1, 0.15) is 5.62 Å². The van der Waals surface area contributed by atoms with Gasteiger partial charge in [-0.25, -0.2) is 0 Å². The van der Waals surface area contributed by atoms with E-state index < -0.39 is 0 Å². The second-order valence-electron chi connectivity index (χ2n) is 3.38. The Morgan fingerprint density at radius 3 is 2.50 bits per heavy atom. The van der Waals surface area contributed by atoms with Crippen LogP contribution < -0.4 is 0 Å². The number of halogens is 1. The first kappa shape index (κ1) is 10.5. The summed E-state index contributed by atoms with van der Waals surface area (Å²) in [5, 5.41) is 0. The van der Waals surface area contributed by atoms with Crippen molar-refractivity contribution in [2.45, 2.75) is 38.7 Å². The van der Waals surface area contributed by atoms with Gasteiger partial charge in [0, 0.05) is 0 Å². The molecule has 0 aliphatic carbocycles. The summed E-state index contributed by atoms with van der Waals surface area (Å²) in [6.07, 6.45) is 3.98.